The molecule has 2 rings (SSSR count). The first kappa shape index (κ1) is 15.1. The smallest absolute Gasteiger partial charge is 0.241 e. The minimum atomic E-state index is -0.0851. The normalized spacial score (nSPS) is 17.4. The molecule has 1 atom stereocenters. The molecule has 0 radical (unpaired) electrons. The number of anilines is 1. The summed E-state index contributed by atoms with van der Waals surface area (Å²) >= 11 is 5.74. The Morgan fingerprint density at radius 1 is 1.45 bits per heavy atom. The number of carbonyl (C=O) groups is 1. The molecule has 0 saturated carbocycles. The molecule has 0 spiro atoms. The molecule has 3 nitrogen and oxygen atoms in total. The molecule has 0 fully saturated rings. The van der Waals surface area contributed by atoms with Gasteiger partial charge in [0.2, 0.25) is 5.91 Å². The standard InChI is InChI=1S/C16H20ClNO2/c1-20-11-10-18(16(19)12-17)15-9-5-4-8-14(15)13-6-2-3-7-13/h2,4-6,8-9,13H,3,7,10-12H2,1H3. The van der Waals surface area contributed by atoms with E-state index in [2.05, 4.69) is 18.2 Å². The molecule has 1 aliphatic carbocycles. The lowest BCUT2D eigenvalue weighted by atomic mass is 9.96. The van der Waals surface area contributed by atoms with Crippen molar-refractivity contribution in [1.82, 2.24) is 0 Å². The maximum Gasteiger partial charge on any atom is 0.241 e. The van der Waals surface area contributed by atoms with Crippen molar-refractivity contribution in [3.63, 3.8) is 0 Å². The van der Waals surface area contributed by atoms with Crippen molar-refractivity contribution in [3.8, 4) is 0 Å². The summed E-state index contributed by atoms with van der Waals surface area (Å²) in [6.07, 6.45) is 6.62. The van der Waals surface area contributed by atoms with E-state index in [0.29, 0.717) is 19.1 Å². The quantitative estimate of drug-likeness (QED) is 0.595. The van der Waals surface area contributed by atoms with E-state index in [4.69, 9.17) is 16.3 Å². The predicted molar refractivity (Wildman–Crippen MR) is 82.5 cm³/mol. The Hall–Kier alpha value is -1.32. The van der Waals surface area contributed by atoms with Gasteiger partial charge in [-0.25, -0.2) is 0 Å². The zero-order chi connectivity index (χ0) is 14.4. The fourth-order valence-corrected chi connectivity index (χ4v) is 2.72. The van der Waals surface area contributed by atoms with Crippen LogP contribution in [0.2, 0.25) is 0 Å². The highest BCUT2D eigenvalue weighted by Crippen LogP contribution is 2.35. The molecule has 1 aromatic rings. The number of benzene rings is 1. The number of amides is 1. The van der Waals surface area contributed by atoms with Crippen molar-refractivity contribution < 1.29 is 9.53 Å². The monoisotopic (exact) mass is 293 g/mol. The van der Waals surface area contributed by atoms with Crippen LogP contribution in [0.3, 0.4) is 0 Å². The first-order chi connectivity index (χ1) is 9.77. The van der Waals surface area contributed by atoms with Crippen LogP contribution >= 0.6 is 11.6 Å². The fourth-order valence-electron chi connectivity index (χ4n) is 2.57. The molecule has 1 amide bonds. The van der Waals surface area contributed by atoms with Gasteiger partial charge in [0.1, 0.15) is 5.88 Å². The second kappa shape index (κ2) is 7.46. The highest BCUT2D eigenvalue weighted by Gasteiger charge is 2.21. The number of alkyl halides is 1. The third-order valence-corrected chi connectivity index (χ3v) is 3.80. The molecule has 1 aromatic carbocycles. The van der Waals surface area contributed by atoms with Gasteiger partial charge in [0.25, 0.3) is 0 Å². The Kier molecular flexibility index (Phi) is 5.62. The lowest BCUT2D eigenvalue weighted by Crippen LogP contribution is -2.35. The average Bonchev–Trinajstić information content (AvgIpc) is 3.02. The molecule has 0 aromatic heterocycles. The van der Waals surface area contributed by atoms with Crippen molar-refractivity contribution in [2.24, 2.45) is 0 Å². The highest BCUT2D eigenvalue weighted by molar-refractivity contribution is 6.29. The summed E-state index contributed by atoms with van der Waals surface area (Å²) in [4.78, 5) is 13.8. The molecule has 1 unspecified atom stereocenters. The van der Waals surface area contributed by atoms with Crippen LogP contribution in [0.5, 0.6) is 0 Å². The first-order valence-corrected chi connectivity index (χ1v) is 7.42. The van der Waals surface area contributed by atoms with E-state index >= 15 is 0 Å². The molecule has 0 aliphatic heterocycles. The summed E-state index contributed by atoms with van der Waals surface area (Å²) in [5, 5.41) is 0. The van der Waals surface area contributed by atoms with E-state index < -0.39 is 0 Å². The topological polar surface area (TPSA) is 29.5 Å². The number of rotatable bonds is 6. The fraction of sp³-hybridized carbons (Fsp3) is 0.438. The van der Waals surface area contributed by atoms with Crippen molar-refractivity contribution in [1.29, 1.82) is 0 Å². The van der Waals surface area contributed by atoms with Crippen LogP contribution < -0.4 is 4.90 Å². The molecule has 0 N–H and O–H groups in total. The molecular weight excluding hydrogens is 274 g/mol. The SMILES string of the molecule is COCCN(C(=O)CCl)c1ccccc1C1C=CCC1. The number of hydrogen-bond acceptors (Lipinski definition) is 2. The molecular formula is C16H20ClNO2. The Balaban J connectivity index is 2.31. The molecule has 108 valence electrons. The molecule has 20 heavy (non-hydrogen) atoms. The van der Waals surface area contributed by atoms with Crippen LogP contribution in [0.15, 0.2) is 36.4 Å². The number of allylic oxidation sites excluding steroid dienone is 2. The number of halogens is 1. The van der Waals surface area contributed by atoms with Gasteiger partial charge in [-0.05, 0) is 24.5 Å². The molecule has 4 heteroatoms. The molecule has 0 saturated heterocycles. The number of para-hydroxylation sites is 1. The molecule has 0 bridgehead atoms. The van der Waals surface area contributed by atoms with Crippen LogP contribution in [0.4, 0.5) is 5.69 Å². The zero-order valence-corrected chi connectivity index (χ0v) is 12.5. The second-order valence-corrected chi connectivity index (χ2v) is 5.11. The Morgan fingerprint density at radius 3 is 2.90 bits per heavy atom. The van der Waals surface area contributed by atoms with E-state index in [9.17, 15) is 4.79 Å². The van der Waals surface area contributed by atoms with Gasteiger partial charge in [-0.3, -0.25) is 4.79 Å². The van der Waals surface area contributed by atoms with Crippen molar-refractivity contribution >= 4 is 23.2 Å². The highest BCUT2D eigenvalue weighted by atomic mass is 35.5. The summed E-state index contributed by atoms with van der Waals surface area (Å²) in [5.74, 6) is 0.288. The number of hydrogen-bond donors (Lipinski definition) is 0. The second-order valence-electron chi connectivity index (χ2n) is 4.84. The lowest BCUT2D eigenvalue weighted by Gasteiger charge is -2.26. The Bertz CT molecular complexity index is 487. The van der Waals surface area contributed by atoms with Gasteiger partial charge in [-0.1, -0.05) is 30.4 Å². The van der Waals surface area contributed by atoms with E-state index in [1.165, 1.54) is 5.56 Å². The minimum absolute atomic E-state index is 0.0153. The van der Waals surface area contributed by atoms with Crippen molar-refractivity contribution in [3.05, 3.63) is 42.0 Å². The Morgan fingerprint density at radius 2 is 2.25 bits per heavy atom. The average molecular weight is 294 g/mol. The van der Waals surface area contributed by atoms with Crippen LogP contribution in [0.1, 0.15) is 24.3 Å². The maximum absolute atomic E-state index is 12.1. The van der Waals surface area contributed by atoms with Gasteiger partial charge in [0, 0.05) is 25.3 Å². The van der Waals surface area contributed by atoms with E-state index in [0.717, 1.165) is 18.5 Å². The van der Waals surface area contributed by atoms with Gasteiger partial charge in [-0.15, -0.1) is 11.6 Å². The van der Waals surface area contributed by atoms with Crippen molar-refractivity contribution in [2.75, 3.05) is 31.0 Å². The van der Waals surface area contributed by atoms with Gasteiger partial charge in [-0.2, -0.15) is 0 Å². The van der Waals surface area contributed by atoms with Gasteiger partial charge in [0.15, 0.2) is 0 Å². The minimum Gasteiger partial charge on any atom is -0.383 e. The third kappa shape index (κ3) is 3.41. The van der Waals surface area contributed by atoms with E-state index in [1.54, 1.807) is 12.0 Å². The van der Waals surface area contributed by atoms with Gasteiger partial charge < -0.3 is 9.64 Å². The van der Waals surface area contributed by atoms with Gasteiger partial charge >= 0.3 is 0 Å². The molecule has 0 heterocycles. The van der Waals surface area contributed by atoms with E-state index in [-0.39, 0.29) is 11.8 Å². The third-order valence-electron chi connectivity index (χ3n) is 3.57. The largest absolute Gasteiger partial charge is 0.383 e. The summed E-state index contributed by atoms with van der Waals surface area (Å²) in [6.45, 7) is 1.02. The maximum atomic E-state index is 12.1. The van der Waals surface area contributed by atoms with Crippen LogP contribution in [0.25, 0.3) is 0 Å². The summed E-state index contributed by atoms with van der Waals surface area (Å²) < 4.78 is 5.10. The number of nitrogens with zero attached hydrogens (tertiary/aromatic N) is 1. The predicted octanol–water partition coefficient (Wildman–Crippen LogP) is 3.34. The van der Waals surface area contributed by atoms with Crippen LogP contribution in [-0.4, -0.2) is 32.0 Å². The number of carbonyl (C=O) groups excluding carboxylic acids is 1. The summed E-state index contributed by atoms with van der Waals surface area (Å²) in [5.41, 5.74) is 2.14. The first-order valence-electron chi connectivity index (χ1n) is 6.88. The lowest BCUT2D eigenvalue weighted by molar-refractivity contribution is -0.116. The van der Waals surface area contributed by atoms with Crippen LogP contribution in [-0.2, 0) is 9.53 Å². The number of methoxy groups -OCH3 is 1. The van der Waals surface area contributed by atoms with E-state index in [1.807, 2.05) is 18.2 Å². The molecule has 1 aliphatic rings. The zero-order valence-electron chi connectivity index (χ0n) is 11.7. The summed E-state index contributed by atoms with van der Waals surface area (Å²) in [6, 6.07) is 8.06. The summed E-state index contributed by atoms with van der Waals surface area (Å²) in [7, 11) is 1.63. The number of ether oxygens (including phenoxy) is 1. The van der Waals surface area contributed by atoms with Crippen LogP contribution in [0, 0.1) is 0 Å². The Labute approximate surface area is 125 Å². The van der Waals surface area contributed by atoms with Gasteiger partial charge in [0.05, 0.1) is 6.61 Å². The van der Waals surface area contributed by atoms with Crippen molar-refractivity contribution in [2.45, 2.75) is 18.8 Å².